The first kappa shape index (κ1) is 21.3. The maximum Gasteiger partial charge on any atom is 0.238 e. The summed E-state index contributed by atoms with van der Waals surface area (Å²) in [6.45, 7) is 1.80. The molecule has 10 heteroatoms. The minimum atomic E-state index is -0.465. The lowest BCUT2D eigenvalue weighted by Crippen LogP contribution is -2.23. The number of anilines is 1. The molecule has 3 aromatic rings. The number of amides is 1. The molecule has 0 fully saturated rings. The third-order valence-corrected chi connectivity index (χ3v) is 7.42. The monoisotopic (exact) mass is 454 g/mol. The molecule has 0 saturated carbocycles. The van der Waals surface area contributed by atoms with Crippen LogP contribution >= 0.6 is 23.1 Å². The Labute approximate surface area is 188 Å². The van der Waals surface area contributed by atoms with Crippen LogP contribution in [0, 0.1) is 11.3 Å². The van der Waals surface area contributed by atoms with Crippen molar-refractivity contribution in [1.29, 1.82) is 5.26 Å². The normalized spacial score (nSPS) is 14.2. The van der Waals surface area contributed by atoms with Crippen molar-refractivity contribution in [3.8, 4) is 17.5 Å². The molecule has 0 aliphatic heterocycles. The molecule has 31 heavy (non-hydrogen) atoms. The highest BCUT2D eigenvalue weighted by Gasteiger charge is 2.25. The summed E-state index contributed by atoms with van der Waals surface area (Å²) in [5, 5.41) is 25.2. The SMILES string of the molecule is COc1ccccc1-n1nnnc1SC(C)C(=O)Nc1sc2c(c1C#N)CCCCC2. The van der Waals surface area contributed by atoms with Crippen LogP contribution in [-0.4, -0.2) is 38.5 Å². The number of thiophene rings is 1. The van der Waals surface area contributed by atoms with Gasteiger partial charge in [0.1, 0.15) is 22.5 Å². The maximum atomic E-state index is 12.9. The van der Waals surface area contributed by atoms with E-state index in [-0.39, 0.29) is 5.91 Å². The van der Waals surface area contributed by atoms with E-state index in [1.165, 1.54) is 34.4 Å². The molecule has 8 nitrogen and oxygen atoms in total. The summed E-state index contributed by atoms with van der Waals surface area (Å²) in [6.07, 6.45) is 5.28. The Balaban J connectivity index is 1.51. The van der Waals surface area contributed by atoms with Crippen molar-refractivity contribution in [2.24, 2.45) is 0 Å². The summed E-state index contributed by atoms with van der Waals surface area (Å²) in [4.78, 5) is 14.1. The van der Waals surface area contributed by atoms with E-state index in [1.54, 1.807) is 18.7 Å². The average Bonchev–Trinajstić information content (AvgIpc) is 3.30. The molecular formula is C21H22N6O2S2. The Morgan fingerprint density at radius 2 is 2.13 bits per heavy atom. The topological polar surface area (TPSA) is 106 Å². The first-order valence-corrected chi connectivity index (χ1v) is 11.8. The van der Waals surface area contributed by atoms with Gasteiger partial charge in [-0.15, -0.1) is 16.4 Å². The first-order chi connectivity index (χ1) is 15.1. The van der Waals surface area contributed by atoms with Gasteiger partial charge in [0.15, 0.2) is 0 Å². The molecule has 4 rings (SSSR count). The highest BCUT2D eigenvalue weighted by atomic mass is 32.2. The summed E-state index contributed by atoms with van der Waals surface area (Å²) in [5.74, 6) is 0.444. The van der Waals surface area contributed by atoms with E-state index < -0.39 is 5.25 Å². The molecule has 1 aromatic carbocycles. The van der Waals surface area contributed by atoms with Crippen LogP contribution in [-0.2, 0) is 17.6 Å². The van der Waals surface area contributed by atoms with Gasteiger partial charge in [-0.3, -0.25) is 4.79 Å². The van der Waals surface area contributed by atoms with Crippen LogP contribution in [0.15, 0.2) is 29.4 Å². The van der Waals surface area contributed by atoms with E-state index >= 15 is 0 Å². The number of hydrogen-bond donors (Lipinski definition) is 1. The van der Waals surface area contributed by atoms with Crippen molar-refractivity contribution in [2.75, 3.05) is 12.4 Å². The maximum absolute atomic E-state index is 12.9. The number of ether oxygens (including phenoxy) is 1. The quantitative estimate of drug-likeness (QED) is 0.443. The number of hydrogen-bond acceptors (Lipinski definition) is 8. The second kappa shape index (κ2) is 9.49. The summed E-state index contributed by atoms with van der Waals surface area (Å²) < 4.78 is 6.95. The third-order valence-electron chi connectivity index (χ3n) is 5.18. The third kappa shape index (κ3) is 4.43. The van der Waals surface area contributed by atoms with Gasteiger partial charge < -0.3 is 10.1 Å². The van der Waals surface area contributed by atoms with E-state index in [2.05, 4.69) is 26.9 Å². The fraction of sp³-hybridized carbons (Fsp3) is 0.381. The summed E-state index contributed by atoms with van der Waals surface area (Å²) >= 11 is 2.78. The van der Waals surface area contributed by atoms with Gasteiger partial charge in [-0.25, -0.2) is 0 Å². The molecule has 1 amide bonds. The lowest BCUT2D eigenvalue weighted by molar-refractivity contribution is -0.115. The van der Waals surface area contributed by atoms with Crippen molar-refractivity contribution in [2.45, 2.75) is 49.4 Å². The molecule has 2 aromatic heterocycles. The highest BCUT2D eigenvalue weighted by molar-refractivity contribution is 8.00. The van der Waals surface area contributed by atoms with Crippen LogP contribution < -0.4 is 10.1 Å². The molecule has 0 radical (unpaired) electrons. The first-order valence-electron chi connectivity index (χ1n) is 10.1. The lowest BCUT2D eigenvalue weighted by Gasteiger charge is -2.12. The van der Waals surface area contributed by atoms with Gasteiger partial charge >= 0.3 is 0 Å². The number of nitrogens with one attached hydrogen (secondary N) is 1. The largest absolute Gasteiger partial charge is 0.494 e. The Bertz CT molecular complexity index is 1130. The van der Waals surface area contributed by atoms with Gasteiger partial charge in [-0.1, -0.05) is 30.3 Å². The molecule has 0 saturated heterocycles. The standard InChI is InChI=1S/C21H22N6O2S2/c1-13(30-21-24-25-26-27(21)16-9-6-7-10-17(16)29-2)19(28)23-20-15(12-22)14-8-4-3-5-11-18(14)31-20/h6-7,9-10,13H,3-5,8,11H2,1-2H3,(H,23,28). The molecule has 0 bridgehead atoms. The minimum absolute atomic E-state index is 0.188. The number of carbonyl (C=O) groups excluding carboxylic acids is 1. The van der Waals surface area contributed by atoms with Crippen molar-refractivity contribution in [3.63, 3.8) is 0 Å². The van der Waals surface area contributed by atoms with E-state index in [9.17, 15) is 10.1 Å². The summed E-state index contributed by atoms with van der Waals surface area (Å²) in [5.41, 5.74) is 2.42. The Hall–Kier alpha value is -2.90. The number of rotatable bonds is 6. The predicted molar refractivity (Wildman–Crippen MR) is 120 cm³/mol. The van der Waals surface area contributed by atoms with Crippen LogP contribution in [0.4, 0.5) is 5.00 Å². The highest BCUT2D eigenvalue weighted by Crippen LogP contribution is 2.37. The number of fused-ring (bicyclic) bond motifs is 1. The smallest absolute Gasteiger partial charge is 0.238 e. The number of nitriles is 1. The fourth-order valence-corrected chi connectivity index (χ4v) is 5.63. The Morgan fingerprint density at radius 3 is 2.94 bits per heavy atom. The number of methoxy groups -OCH3 is 1. The zero-order chi connectivity index (χ0) is 21.8. The van der Waals surface area contributed by atoms with Gasteiger partial charge in [0.25, 0.3) is 0 Å². The average molecular weight is 455 g/mol. The number of para-hydroxylation sites is 2. The molecule has 2 heterocycles. The summed E-state index contributed by atoms with van der Waals surface area (Å²) in [7, 11) is 1.58. The second-order valence-corrected chi connectivity index (χ2v) is 9.59. The molecule has 1 N–H and O–H groups in total. The number of thioether (sulfide) groups is 1. The number of aryl methyl sites for hydroxylation is 1. The van der Waals surface area contributed by atoms with E-state index in [0.717, 1.165) is 31.2 Å². The molecule has 160 valence electrons. The molecule has 1 aliphatic rings. The zero-order valence-electron chi connectivity index (χ0n) is 17.3. The van der Waals surface area contributed by atoms with Crippen LogP contribution in [0.3, 0.4) is 0 Å². The number of benzene rings is 1. The van der Waals surface area contributed by atoms with Crippen molar-refractivity contribution >= 4 is 34.0 Å². The molecule has 1 unspecified atom stereocenters. The van der Waals surface area contributed by atoms with E-state index in [1.807, 2.05) is 24.3 Å². The summed E-state index contributed by atoms with van der Waals surface area (Å²) in [6, 6.07) is 9.71. The van der Waals surface area contributed by atoms with Gasteiger partial charge in [0.2, 0.25) is 11.1 Å². The van der Waals surface area contributed by atoms with Crippen LogP contribution in [0.25, 0.3) is 5.69 Å². The van der Waals surface area contributed by atoms with Crippen molar-refractivity contribution in [3.05, 3.63) is 40.3 Å². The molecule has 0 spiro atoms. The van der Waals surface area contributed by atoms with Gasteiger partial charge in [0.05, 0.1) is 17.9 Å². The minimum Gasteiger partial charge on any atom is -0.494 e. The fourth-order valence-electron chi connectivity index (χ4n) is 3.58. The second-order valence-electron chi connectivity index (χ2n) is 7.17. The van der Waals surface area contributed by atoms with Crippen LogP contribution in [0.1, 0.15) is 42.2 Å². The number of aromatic nitrogens is 4. The predicted octanol–water partition coefficient (Wildman–Crippen LogP) is 3.99. The van der Waals surface area contributed by atoms with Crippen LogP contribution in [0.2, 0.25) is 0 Å². The van der Waals surface area contributed by atoms with Gasteiger partial charge in [-0.2, -0.15) is 9.94 Å². The van der Waals surface area contributed by atoms with Crippen molar-refractivity contribution < 1.29 is 9.53 Å². The Morgan fingerprint density at radius 1 is 1.32 bits per heavy atom. The van der Waals surface area contributed by atoms with Gasteiger partial charge in [0, 0.05) is 4.88 Å². The number of nitrogens with zero attached hydrogens (tertiary/aromatic N) is 5. The van der Waals surface area contributed by atoms with E-state index in [0.29, 0.717) is 27.2 Å². The molecule has 1 atom stereocenters. The number of tetrazole rings is 1. The molecular weight excluding hydrogens is 432 g/mol. The number of carbonyl (C=O) groups is 1. The van der Waals surface area contributed by atoms with E-state index in [4.69, 9.17) is 4.74 Å². The molecule has 1 aliphatic carbocycles. The zero-order valence-corrected chi connectivity index (χ0v) is 18.9. The van der Waals surface area contributed by atoms with Crippen LogP contribution in [0.5, 0.6) is 5.75 Å². The lowest BCUT2D eigenvalue weighted by atomic mass is 10.1. The van der Waals surface area contributed by atoms with Gasteiger partial charge in [-0.05, 0) is 60.7 Å². The Kier molecular flexibility index (Phi) is 6.53. The van der Waals surface area contributed by atoms with Crippen molar-refractivity contribution in [1.82, 2.24) is 20.2 Å².